The normalized spacial score (nSPS) is 24.1. The molecule has 0 fully saturated rings. The van der Waals surface area contributed by atoms with E-state index in [4.69, 9.17) is 10.5 Å². The van der Waals surface area contributed by atoms with Crippen LogP contribution in [0.2, 0.25) is 0 Å². The fraction of sp³-hybridized carbons (Fsp3) is 0.400. The average Bonchev–Trinajstić information content (AvgIpc) is 2.72. The van der Waals surface area contributed by atoms with Gasteiger partial charge in [-0.2, -0.15) is 0 Å². The maximum Gasteiger partial charge on any atom is 0.283 e. The number of ketones is 1. The van der Waals surface area contributed by atoms with Gasteiger partial charge in [-0.3, -0.25) is 4.79 Å². The number of rotatable bonds is 7. The summed E-state index contributed by atoms with van der Waals surface area (Å²) in [6.45, 7) is 1.29. The Morgan fingerprint density at radius 3 is 2.71 bits per heavy atom. The standard InChI is InChI=1S/C20H20F4N4O3/c1-10(22)17-18(24)20(2,28-19(25)31-17)12-5-11(3-4-13(12)23)6-15(29)14-7-27-16(8-26-14)30-9-21/h3-5,7-8,10,17-18H,6,9H2,1-2H3,(H2,25,28)/t10-,17-,18+,20-/m1/s1. The van der Waals surface area contributed by atoms with Gasteiger partial charge in [0.05, 0.1) is 12.4 Å². The van der Waals surface area contributed by atoms with Gasteiger partial charge in [-0.05, 0) is 31.5 Å². The van der Waals surface area contributed by atoms with E-state index in [0.29, 0.717) is 5.56 Å². The molecular weight excluding hydrogens is 420 g/mol. The van der Waals surface area contributed by atoms with Crippen molar-refractivity contribution in [2.24, 2.45) is 10.7 Å². The first-order valence-electron chi connectivity index (χ1n) is 9.28. The number of hydrogen-bond donors (Lipinski definition) is 1. The Bertz CT molecular complexity index is 987. The first-order valence-corrected chi connectivity index (χ1v) is 9.28. The quantitative estimate of drug-likeness (QED) is 0.525. The van der Waals surface area contributed by atoms with Crippen LogP contribution in [0.5, 0.6) is 5.88 Å². The highest BCUT2D eigenvalue weighted by atomic mass is 19.2. The van der Waals surface area contributed by atoms with Crippen molar-refractivity contribution in [3.8, 4) is 5.88 Å². The van der Waals surface area contributed by atoms with E-state index in [1.807, 2.05) is 0 Å². The van der Waals surface area contributed by atoms with Gasteiger partial charge in [-0.25, -0.2) is 32.5 Å². The van der Waals surface area contributed by atoms with E-state index in [2.05, 4.69) is 19.7 Å². The fourth-order valence-electron chi connectivity index (χ4n) is 3.31. The minimum atomic E-state index is -2.03. The third-order valence-corrected chi connectivity index (χ3v) is 4.93. The number of carbonyl (C=O) groups is 1. The van der Waals surface area contributed by atoms with Crippen molar-refractivity contribution in [1.29, 1.82) is 0 Å². The van der Waals surface area contributed by atoms with E-state index in [9.17, 15) is 18.0 Å². The molecule has 0 amide bonds. The maximum atomic E-state index is 15.1. The number of halogens is 4. The lowest BCUT2D eigenvalue weighted by Crippen LogP contribution is -2.52. The molecule has 1 aromatic heterocycles. The summed E-state index contributed by atoms with van der Waals surface area (Å²) in [6.07, 6.45) is -3.32. The van der Waals surface area contributed by atoms with E-state index in [1.54, 1.807) is 0 Å². The second-order valence-electron chi connectivity index (χ2n) is 7.17. The molecular formula is C20H20F4N4O3. The first-order chi connectivity index (χ1) is 14.7. The Morgan fingerprint density at radius 2 is 2.10 bits per heavy atom. The lowest BCUT2D eigenvalue weighted by Gasteiger charge is -2.39. The third kappa shape index (κ3) is 4.59. The highest BCUT2D eigenvalue weighted by Gasteiger charge is 2.49. The Morgan fingerprint density at radius 1 is 1.35 bits per heavy atom. The largest absolute Gasteiger partial charge is 0.456 e. The van der Waals surface area contributed by atoms with Gasteiger partial charge in [0.25, 0.3) is 6.02 Å². The number of aromatic nitrogens is 2. The monoisotopic (exact) mass is 440 g/mol. The van der Waals surface area contributed by atoms with Crippen molar-refractivity contribution in [3.05, 3.63) is 53.2 Å². The number of amidine groups is 1. The van der Waals surface area contributed by atoms with Crippen molar-refractivity contribution in [2.45, 2.75) is 44.3 Å². The molecule has 11 heteroatoms. The van der Waals surface area contributed by atoms with Crippen LogP contribution in [0.4, 0.5) is 17.6 Å². The highest BCUT2D eigenvalue weighted by Crippen LogP contribution is 2.40. The van der Waals surface area contributed by atoms with Crippen molar-refractivity contribution >= 4 is 11.8 Å². The molecule has 2 heterocycles. The zero-order chi connectivity index (χ0) is 22.8. The summed E-state index contributed by atoms with van der Waals surface area (Å²) in [5.41, 5.74) is 3.85. The predicted octanol–water partition coefficient (Wildman–Crippen LogP) is 2.97. The second kappa shape index (κ2) is 8.86. The van der Waals surface area contributed by atoms with Crippen LogP contribution in [-0.4, -0.2) is 47.1 Å². The lowest BCUT2D eigenvalue weighted by molar-refractivity contribution is -0.0230. The van der Waals surface area contributed by atoms with Gasteiger partial charge >= 0.3 is 0 Å². The van der Waals surface area contributed by atoms with Crippen LogP contribution in [0, 0.1) is 5.82 Å². The number of nitrogens with two attached hydrogens (primary N) is 1. The zero-order valence-electron chi connectivity index (χ0n) is 16.7. The minimum absolute atomic E-state index is 0.0219. The summed E-state index contributed by atoms with van der Waals surface area (Å²) in [5, 5.41) is 0. The number of alkyl halides is 3. The van der Waals surface area contributed by atoms with Crippen LogP contribution < -0.4 is 10.5 Å². The molecule has 0 saturated heterocycles. The lowest BCUT2D eigenvalue weighted by atomic mass is 9.82. The molecule has 1 aliphatic rings. The summed E-state index contributed by atoms with van der Waals surface area (Å²) < 4.78 is 65.2. The van der Waals surface area contributed by atoms with E-state index < -0.39 is 48.5 Å². The molecule has 0 unspecified atom stereocenters. The molecule has 3 rings (SSSR count). The number of nitrogens with zero attached hydrogens (tertiary/aromatic N) is 3. The van der Waals surface area contributed by atoms with Gasteiger partial charge in [-0.15, -0.1) is 0 Å². The molecule has 1 aliphatic heterocycles. The van der Waals surface area contributed by atoms with Gasteiger partial charge in [0.1, 0.15) is 23.2 Å². The summed E-state index contributed by atoms with van der Waals surface area (Å²) in [4.78, 5) is 24.0. The summed E-state index contributed by atoms with van der Waals surface area (Å²) in [5.74, 6) is -1.35. The van der Waals surface area contributed by atoms with Gasteiger partial charge in [0.2, 0.25) is 12.7 Å². The topological polar surface area (TPSA) is 99.7 Å². The molecule has 31 heavy (non-hydrogen) atoms. The third-order valence-electron chi connectivity index (χ3n) is 4.93. The molecule has 7 nitrogen and oxygen atoms in total. The minimum Gasteiger partial charge on any atom is -0.456 e. The van der Waals surface area contributed by atoms with Gasteiger partial charge in [0.15, 0.2) is 18.1 Å². The molecule has 0 spiro atoms. The van der Waals surface area contributed by atoms with Crippen LogP contribution in [0.25, 0.3) is 0 Å². The Hall–Kier alpha value is -3.24. The Kier molecular flexibility index (Phi) is 6.42. The predicted molar refractivity (Wildman–Crippen MR) is 102 cm³/mol. The molecule has 0 radical (unpaired) electrons. The van der Waals surface area contributed by atoms with Crippen LogP contribution in [-0.2, 0) is 16.7 Å². The number of carbonyl (C=O) groups excluding carboxylic acids is 1. The molecule has 2 aromatic rings. The maximum absolute atomic E-state index is 15.1. The number of benzene rings is 1. The summed E-state index contributed by atoms with van der Waals surface area (Å²) in [7, 11) is 0. The van der Waals surface area contributed by atoms with Crippen LogP contribution in [0.1, 0.15) is 35.5 Å². The average molecular weight is 440 g/mol. The fourth-order valence-corrected chi connectivity index (χ4v) is 3.31. The molecule has 0 aliphatic carbocycles. The van der Waals surface area contributed by atoms with Crippen LogP contribution in [0.3, 0.4) is 0 Å². The van der Waals surface area contributed by atoms with E-state index in [1.165, 1.54) is 19.1 Å². The number of ether oxygens (including phenoxy) is 2. The van der Waals surface area contributed by atoms with Crippen LogP contribution in [0.15, 0.2) is 35.6 Å². The van der Waals surface area contributed by atoms with Crippen molar-refractivity contribution in [1.82, 2.24) is 9.97 Å². The first kappa shape index (κ1) is 22.4. The number of hydrogen-bond acceptors (Lipinski definition) is 7. The van der Waals surface area contributed by atoms with Gasteiger partial charge in [0, 0.05) is 12.0 Å². The SMILES string of the molecule is C[C@@H](F)[C@H]1OC(N)=N[C@](C)(c2cc(CC(=O)c3cnc(OCF)cn3)ccc2F)[C@H]1F. The van der Waals surface area contributed by atoms with Gasteiger partial charge < -0.3 is 15.2 Å². The van der Waals surface area contributed by atoms with E-state index in [0.717, 1.165) is 25.4 Å². The smallest absolute Gasteiger partial charge is 0.283 e. The summed E-state index contributed by atoms with van der Waals surface area (Å²) in [6, 6.07) is 3.23. The number of aliphatic imine (C=N–C) groups is 1. The Labute approximate surface area is 175 Å². The molecule has 0 saturated carbocycles. The highest BCUT2D eigenvalue weighted by molar-refractivity contribution is 5.95. The van der Waals surface area contributed by atoms with Crippen molar-refractivity contribution in [2.75, 3.05) is 6.86 Å². The molecule has 166 valence electrons. The zero-order valence-corrected chi connectivity index (χ0v) is 16.7. The molecule has 1 aromatic carbocycles. The summed E-state index contributed by atoms with van der Waals surface area (Å²) >= 11 is 0. The molecule has 4 atom stereocenters. The number of Topliss-reactive ketones (excluding diaryl/α,β-unsaturated/α-hetero) is 1. The van der Waals surface area contributed by atoms with Crippen molar-refractivity contribution < 1.29 is 31.8 Å². The molecule has 2 N–H and O–H groups in total. The second-order valence-corrected chi connectivity index (χ2v) is 7.17. The van der Waals surface area contributed by atoms with Crippen LogP contribution >= 0.6 is 0 Å². The van der Waals surface area contributed by atoms with Gasteiger partial charge in [-0.1, -0.05) is 6.07 Å². The van der Waals surface area contributed by atoms with Crippen molar-refractivity contribution in [3.63, 3.8) is 0 Å². The Balaban J connectivity index is 1.89. The van der Waals surface area contributed by atoms with E-state index in [-0.39, 0.29) is 23.6 Å². The molecule has 0 bridgehead atoms. The van der Waals surface area contributed by atoms with E-state index >= 15 is 4.39 Å².